The molecule has 5 nitrogen and oxygen atoms in total. The average Bonchev–Trinajstić information content (AvgIpc) is 3.38. The fraction of sp³-hybridized carbons (Fsp3) is 0.290. The fourth-order valence-corrected chi connectivity index (χ4v) is 5.86. The lowest BCUT2D eigenvalue weighted by atomic mass is 9.88. The maximum Gasteiger partial charge on any atom is 0.230 e. The molecule has 2 heterocycles. The smallest absolute Gasteiger partial charge is 0.230 e. The first-order valence-corrected chi connectivity index (χ1v) is 13.4. The van der Waals surface area contributed by atoms with E-state index in [0.717, 1.165) is 41.9 Å². The van der Waals surface area contributed by atoms with E-state index < -0.39 is 0 Å². The molecule has 0 atom stereocenters. The van der Waals surface area contributed by atoms with E-state index in [-0.39, 0.29) is 11.8 Å². The summed E-state index contributed by atoms with van der Waals surface area (Å²) in [6, 6.07) is 23.5. The highest BCUT2D eigenvalue weighted by molar-refractivity contribution is 7.20. The third-order valence-corrected chi connectivity index (χ3v) is 7.81. The van der Waals surface area contributed by atoms with Crippen molar-refractivity contribution in [1.82, 2.24) is 4.90 Å². The van der Waals surface area contributed by atoms with Gasteiger partial charge in [0.05, 0.1) is 11.5 Å². The summed E-state index contributed by atoms with van der Waals surface area (Å²) < 4.78 is 12.4. The standard InChI is InChI=1S/C29H31N3O2S.C2H2/c1-20(30)34-29(31)28-19-25-26(8-4-9-27(25)35-28)33-17-5-14-32-15-12-22(13-16-32)24-11-10-21-6-2-3-7-23(21)18-24;1-2/h2-4,6-11,18-19,22,30-31H,5,12-17H2,1H3;1-2H. The van der Waals surface area contributed by atoms with Crippen molar-refractivity contribution in [2.24, 2.45) is 0 Å². The summed E-state index contributed by atoms with van der Waals surface area (Å²) in [5.41, 5.74) is 1.48. The van der Waals surface area contributed by atoms with Gasteiger partial charge in [0.1, 0.15) is 5.75 Å². The van der Waals surface area contributed by atoms with Gasteiger partial charge in [-0.1, -0.05) is 48.5 Å². The third kappa shape index (κ3) is 6.56. The van der Waals surface area contributed by atoms with Crippen molar-refractivity contribution in [3.63, 3.8) is 0 Å². The minimum Gasteiger partial charge on any atom is -0.493 e. The van der Waals surface area contributed by atoms with E-state index in [0.29, 0.717) is 17.4 Å². The molecule has 1 fully saturated rings. The van der Waals surface area contributed by atoms with E-state index in [4.69, 9.17) is 20.3 Å². The molecule has 1 aliphatic rings. The second kappa shape index (κ2) is 12.5. The highest BCUT2D eigenvalue weighted by Crippen LogP contribution is 2.34. The summed E-state index contributed by atoms with van der Waals surface area (Å²) in [5.74, 6) is 1.53. The van der Waals surface area contributed by atoms with Crippen LogP contribution >= 0.6 is 11.3 Å². The summed E-state index contributed by atoms with van der Waals surface area (Å²) in [4.78, 5) is 3.26. The quantitative estimate of drug-likeness (QED) is 0.118. The molecule has 0 aliphatic carbocycles. The van der Waals surface area contributed by atoms with E-state index in [2.05, 4.69) is 60.2 Å². The summed E-state index contributed by atoms with van der Waals surface area (Å²) in [6.45, 7) is 5.52. The predicted molar refractivity (Wildman–Crippen MR) is 156 cm³/mol. The number of thiophene rings is 1. The highest BCUT2D eigenvalue weighted by atomic mass is 32.1. The molecule has 4 aromatic rings. The molecule has 190 valence electrons. The molecule has 1 aliphatic heterocycles. The van der Waals surface area contributed by atoms with E-state index in [9.17, 15) is 0 Å². The van der Waals surface area contributed by atoms with Gasteiger partial charge in [-0.2, -0.15) is 0 Å². The van der Waals surface area contributed by atoms with Crippen LogP contribution in [0.3, 0.4) is 0 Å². The molecule has 0 saturated carbocycles. The first-order valence-electron chi connectivity index (χ1n) is 12.6. The van der Waals surface area contributed by atoms with Crippen LogP contribution in [0.5, 0.6) is 5.75 Å². The van der Waals surface area contributed by atoms with Gasteiger partial charge >= 0.3 is 0 Å². The molecule has 5 rings (SSSR count). The maximum atomic E-state index is 8.05. The number of hydrogen-bond acceptors (Lipinski definition) is 6. The Labute approximate surface area is 223 Å². The Morgan fingerprint density at radius 2 is 1.73 bits per heavy atom. The van der Waals surface area contributed by atoms with Crippen LogP contribution < -0.4 is 4.74 Å². The zero-order valence-corrected chi connectivity index (χ0v) is 22.0. The molecule has 3 aromatic carbocycles. The fourth-order valence-electron chi connectivity index (χ4n) is 4.90. The molecule has 0 unspecified atom stereocenters. The first kappa shape index (κ1) is 26.4. The van der Waals surface area contributed by atoms with Crippen molar-refractivity contribution in [1.29, 1.82) is 10.8 Å². The lowest BCUT2D eigenvalue weighted by Gasteiger charge is -2.32. The number of piperidine rings is 1. The number of ether oxygens (including phenoxy) is 2. The molecule has 0 radical (unpaired) electrons. The van der Waals surface area contributed by atoms with Crippen LogP contribution in [0.4, 0.5) is 0 Å². The lowest BCUT2D eigenvalue weighted by Crippen LogP contribution is -2.34. The van der Waals surface area contributed by atoms with Crippen LogP contribution in [0.1, 0.15) is 42.5 Å². The number of rotatable bonds is 7. The van der Waals surface area contributed by atoms with Gasteiger partial charge in [0, 0.05) is 23.6 Å². The summed E-state index contributed by atoms with van der Waals surface area (Å²) in [6.07, 6.45) is 11.4. The van der Waals surface area contributed by atoms with Crippen LogP contribution in [-0.2, 0) is 4.74 Å². The molecule has 37 heavy (non-hydrogen) atoms. The summed E-state index contributed by atoms with van der Waals surface area (Å²) >= 11 is 1.49. The van der Waals surface area contributed by atoms with Gasteiger partial charge in [-0.05, 0) is 72.8 Å². The highest BCUT2D eigenvalue weighted by Gasteiger charge is 2.20. The Bertz CT molecular complexity index is 1400. The Morgan fingerprint density at radius 1 is 0.973 bits per heavy atom. The van der Waals surface area contributed by atoms with Gasteiger partial charge in [0.25, 0.3) is 0 Å². The molecule has 2 N–H and O–H groups in total. The van der Waals surface area contributed by atoms with Gasteiger partial charge in [-0.3, -0.25) is 10.8 Å². The summed E-state index contributed by atoms with van der Waals surface area (Å²) in [7, 11) is 0. The van der Waals surface area contributed by atoms with Crippen molar-refractivity contribution in [2.75, 3.05) is 26.2 Å². The minimum absolute atomic E-state index is 0.0109. The molecule has 0 bridgehead atoms. The molecule has 0 amide bonds. The molecule has 6 heteroatoms. The van der Waals surface area contributed by atoms with Crippen LogP contribution in [0.25, 0.3) is 20.9 Å². The van der Waals surface area contributed by atoms with Gasteiger partial charge < -0.3 is 14.4 Å². The number of fused-ring (bicyclic) bond motifs is 2. The van der Waals surface area contributed by atoms with Crippen molar-refractivity contribution in [3.05, 3.63) is 77.2 Å². The van der Waals surface area contributed by atoms with Crippen molar-refractivity contribution >= 4 is 44.0 Å². The van der Waals surface area contributed by atoms with Crippen molar-refractivity contribution in [2.45, 2.75) is 32.1 Å². The number of nitrogens with one attached hydrogen (secondary N) is 2. The van der Waals surface area contributed by atoms with Gasteiger partial charge in [0.15, 0.2) is 5.90 Å². The minimum atomic E-state index is 0.0109. The van der Waals surface area contributed by atoms with E-state index in [1.807, 2.05) is 24.3 Å². The zero-order chi connectivity index (χ0) is 26.2. The SMILES string of the molecule is C#C.CC(=N)OC(=N)c1cc2c(OCCCN3CCC(c4ccc5ccccc5c4)CC3)cccc2s1. The van der Waals surface area contributed by atoms with Crippen LogP contribution in [0.15, 0.2) is 66.7 Å². The Balaban J connectivity index is 0.00000156. The van der Waals surface area contributed by atoms with Crippen LogP contribution in [0.2, 0.25) is 0 Å². The van der Waals surface area contributed by atoms with Gasteiger partial charge in [-0.25, -0.2) is 0 Å². The monoisotopic (exact) mass is 511 g/mol. The molecule has 0 spiro atoms. The van der Waals surface area contributed by atoms with E-state index in [1.165, 1.54) is 47.4 Å². The average molecular weight is 512 g/mol. The van der Waals surface area contributed by atoms with Gasteiger partial charge in [-0.15, -0.1) is 24.2 Å². The van der Waals surface area contributed by atoms with Crippen molar-refractivity contribution < 1.29 is 9.47 Å². The number of nitrogens with zero attached hydrogens (tertiary/aromatic N) is 1. The third-order valence-electron chi connectivity index (χ3n) is 6.71. The number of terminal acetylenes is 1. The van der Waals surface area contributed by atoms with Crippen LogP contribution in [0, 0.1) is 23.7 Å². The first-order chi connectivity index (χ1) is 18.1. The topological polar surface area (TPSA) is 69.4 Å². The summed E-state index contributed by atoms with van der Waals surface area (Å²) in [5, 5.41) is 19.1. The second-order valence-electron chi connectivity index (χ2n) is 9.19. The number of hydrogen-bond donors (Lipinski definition) is 2. The maximum absolute atomic E-state index is 8.05. The normalized spacial score (nSPS) is 14.1. The Hall–Kier alpha value is -3.66. The Morgan fingerprint density at radius 3 is 2.49 bits per heavy atom. The Kier molecular flexibility index (Phi) is 8.95. The number of benzene rings is 3. The zero-order valence-electron chi connectivity index (χ0n) is 21.2. The van der Waals surface area contributed by atoms with E-state index in [1.54, 1.807) is 0 Å². The molecule has 1 saturated heterocycles. The van der Waals surface area contributed by atoms with Gasteiger partial charge in [0.2, 0.25) is 5.90 Å². The second-order valence-corrected chi connectivity index (χ2v) is 10.3. The largest absolute Gasteiger partial charge is 0.493 e. The van der Waals surface area contributed by atoms with E-state index >= 15 is 0 Å². The predicted octanol–water partition coefficient (Wildman–Crippen LogP) is 7.29. The van der Waals surface area contributed by atoms with Crippen molar-refractivity contribution in [3.8, 4) is 18.6 Å². The molecule has 1 aromatic heterocycles. The van der Waals surface area contributed by atoms with Crippen LogP contribution in [-0.4, -0.2) is 42.9 Å². The lowest BCUT2D eigenvalue weighted by molar-refractivity contribution is 0.193. The molecular formula is C31H33N3O2S. The number of likely N-dealkylation sites (tertiary alicyclic amines) is 1. The molecular weight excluding hydrogens is 478 g/mol.